The minimum absolute atomic E-state index is 0.785. The highest BCUT2D eigenvalue weighted by molar-refractivity contribution is 5.80. The highest BCUT2D eigenvalue weighted by Gasteiger charge is 2.32. The van der Waals surface area contributed by atoms with Gasteiger partial charge in [-0.25, -0.2) is 0 Å². The van der Waals surface area contributed by atoms with Gasteiger partial charge in [0.15, 0.2) is 0 Å². The van der Waals surface area contributed by atoms with Crippen LogP contribution in [0, 0.1) is 5.92 Å². The first-order chi connectivity index (χ1) is 11.8. The van der Waals surface area contributed by atoms with Gasteiger partial charge in [-0.05, 0) is 84.8 Å². The van der Waals surface area contributed by atoms with E-state index in [1.54, 1.807) is 33.4 Å². The van der Waals surface area contributed by atoms with Crippen LogP contribution in [0.1, 0.15) is 54.9 Å². The first-order valence-corrected chi connectivity index (χ1v) is 9.38. The van der Waals surface area contributed by atoms with Crippen molar-refractivity contribution in [3.8, 4) is 0 Å². The third kappa shape index (κ3) is 2.13. The van der Waals surface area contributed by atoms with Gasteiger partial charge in [-0.1, -0.05) is 59.7 Å². The average Bonchev–Trinajstić information content (AvgIpc) is 3.26. The zero-order valence-corrected chi connectivity index (χ0v) is 14.4. The molecule has 120 valence electrons. The van der Waals surface area contributed by atoms with E-state index in [0.717, 1.165) is 5.92 Å². The lowest BCUT2D eigenvalue weighted by molar-refractivity contribution is 0.582. The molecular weight excluding hydrogens is 288 g/mol. The summed E-state index contributed by atoms with van der Waals surface area (Å²) < 4.78 is 0. The Balaban J connectivity index is 1.35. The summed E-state index contributed by atoms with van der Waals surface area (Å²) in [7, 11) is 0. The van der Waals surface area contributed by atoms with E-state index in [1.165, 1.54) is 49.7 Å². The Labute approximate surface area is 144 Å². The van der Waals surface area contributed by atoms with Gasteiger partial charge in [0.2, 0.25) is 0 Å². The molecule has 0 heteroatoms. The minimum atomic E-state index is 0.785. The van der Waals surface area contributed by atoms with Gasteiger partial charge in [0.05, 0.1) is 0 Å². The zero-order chi connectivity index (χ0) is 16.1. The molecule has 1 unspecified atom stereocenters. The molecule has 0 saturated carbocycles. The second kappa shape index (κ2) is 5.48. The van der Waals surface area contributed by atoms with Crippen LogP contribution in [0.25, 0.3) is 11.1 Å². The van der Waals surface area contributed by atoms with E-state index in [9.17, 15) is 0 Å². The molecule has 0 fully saturated rings. The standard InChI is InChI=1S/C24H24/c1-16-18(14-19-6-2-4-8-22(16)19)12-10-17-11-13-21-15-20-7-3-5-9-23(20)24(17)21/h2-9,17H,10-15H2,1H3. The van der Waals surface area contributed by atoms with Crippen LogP contribution in [0.3, 0.4) is 0 Å². The molecule has 2 aromatic carbocycles. The summed E-state index contributed by atoms with van der Waals surface area (Å²) in [6.45, 7) is 2.32. The Morgan fingerprint density at radius 2 is 1.58 bits per heavy atom. The molecule has 3 aliphatic rings. The van der Waals surface area contributed by atoms with E-state index in [2.05, 4.69) is 55.5 Å². The van der Waals surface area contributed by atoms with E-state index >= 15 is 0 Å². The van der Waals surface area contributed by atoms with Crippen LogP contribution in [0.2, 0.25) is 0 Å². The van der Waals surface area contributed by atoms with Gasteiger partial charge >= 0.3 is 0 Å². The van der Waals surface area contributed by atoms with Crippen LogP contribution >= 0.6 is 0 Å². The lowest BCUT2D eigenvalue weighted by Gasteiger charge is -2.16. The van der Waals surface area contributed by atoms with Gasteiger partial charge in [0.25, 0.3) is 0 Å². The normalized spacial score (nSPS) is 21.3. The summed E-state index contributed by atoms with van der Waals surface area (Å²) in [4.78, 5) is 0. The van der Waals surface area contributed by atoms with Crippen molar-refractivity contribution in [3.05, 3.63) is 81.9 Å². The number of benzene rings is 2. The van der Waals surface area contributed by atoms with Gasteiger partial charge in [-0.3, -0.25) is 0 Å². The SMILES string of the molecule is CC1=C(CCC2CCC3=C2c2ccccc2C3)Cc2ccccc21. The molecule has 0 bridgehead atoms. The smallest absolute Gasteiger partial charge is 0.00549 e. The van der Waals surface area contributed by atoms with Crippen LogP contribution in [0.15, 0.2) is 59.7 Å². The van der Waals surface area contributed by atoms with E-state index in [0.29, 0.717) is 0 Å². The molecule has 0 amide bonds. The first kappa shape index (κ1) is 14.3. The lowest BCUT2D eigenvalue weighted by Crippen LogP contribution is -2.01. The molecule has 24 heavy (non-hydrogen) atoms. The fourth-order valence-corrected chi connectivity index (χ4v) is 5.18. The van der Waals surface area contributed by atoms with Crippen molar-refractivity contribution < 1.29 is 0 Å². The van der Waals surface area contributed by atoms with Crippen molar-refractivity contribution in [3.63, 3.8) is 0 Å². The second-order valence-electron chi connectivity index (χ2n) is 7.69. The summed E-state index contributed by atoms with van der Waals surface area (Å²) in [5.41, 5.74) is 12.8. The Hall–Kier alpha value is -2.08. The number of hydrogen-bond donors (Lipinski definition) is 0. The Bertz CT molecular complexity index is 878. The largest absolute Gasteiger partial charge is 0.0623 e. The molecule has 0 aliphatic heterocycles. The van der Waals surface area contributed by atoms with Gasteiger partial charge < -0.3 is 0 Å². The summed E-state index contributed by atoms with van der Waals surface area (Å²) in [5, 5.41) is 0. The number of hydrogen-bond acceptors (Lipinski definition) is 0. The minimum Gasteiger partial charge on any atom is -0.0623 e. The van der Waals surface area contributed by atoms with Crippen molar-refractivity contribution in [2.45, 2.75) is 45.4 Å². The summed E-state index contributed by atoms with van der Waals surface area (Å²) >= 11 is 0. The fourth-order valence-electron chi connectivity index (χ4n) is 5.18. The highest BCUT2D eigenvalue weighted by Crippen LogP contribution is 2.49. The van der Waals surface area contributed by atoms with Crippen LogP contribution in [-0.4, -0.2) is 0 Å². The molecule has 3 aliphatic carbocycles. The molecule has 0 radical (unpaired) electrons. The Morgan fingerprint density at radius 1 is 0.875 bits per heavy atom. The highest BCUT2D eigenvalue weighted by atomic mass is 14.4. The van der Waals surface area contributed by atoms with Crippen molar-refractivity contribution in [1.29, 1.82) is 0 Å². The summed E-state index contributed by atoms with van der Waals surface area (Å²) in [5.74, 6) is 0.785. The maximum Gasteiger partial charge on any atom is -0.00549 e. The molecule has 0 aromatic heterocycles. The molecule has 5 rings (SSSR count). The molecule has 2 aromatic rings. The van der Waals surface area contributed by atoms with Crippen molar-refractivity contribution in [1.82, 2.24) is 0 Å². The van der Waals surface area contributed by atoms with Gasteiger partial charge in [-0.15, -0.1) is 0 Å². The maximum atomic E-state index is 2.35. The fraction of sp³-hybridized carbons (Fsp3) is 0.333. The predicted octanol–water partition coefficient (Wildman–Crippen LogP) is 6.22. The third-order valence-electron chi connectivity index (χ3n) is 6.45. The molecule has 0 heterocycles. The van der Waals surface area contributed by atoms with Crippen molar-refractivity contribution in [2.75, 3.05) is 0 Å². The average molecular weight is 312 g/mol. The van der Waals surface area contributed by atoms with E-state index < -0.39 is 0 Å². The second-order valence-corrected chi connectivity index (χ2v) is 7.69. The third-order valence-corrected chi connectivity index (χ3v) is 6.45. The van der Waals surface area contributed by atoms with Crippen molar-refractivity contribution >= 4 is 11.1 Å². The Morgan fingerprint density at radius 3 is 2.38 bits per heavy atom. The maximum absolute atomic E-state index is 2.35. The van der Waals surface area contributed by atoms with Crippen LogP contribution in [0.4, 0.5) is 0 Å². The molecular formula is C24H24. The van der Waals surface area contributed by atoms with E-state index in [4.69, 9.17) is 0 Å². The Kier molecular flexibility index (Phi) is 3.26. The number of rotatable bonds is 3. The number of fused-ring (bicyclic) bond motifs is 3. The van der Waals surface area contributed by atoms with Gasteiger partial charge in [0.1, 0.15) is 0 Å². The van der Waals surface area contributed by atoms with Crippen LogP contribution in [-0.2, 0) is 12.8 Å². The van der Waals surface area contributed by atoms with E-state index in [1.807, 2.05) is 0 Å². The predicted molar refractivity (Wildman–Crippen MR) is 102 cm³/mol. The van der Waals surface area contributed by atoms with Crippen molar-refractivity contribution in [2.24, 2.45) is 5.92 Å². The first-order valence-electron chi connectivity index (χ1n) is 9.38. The monoisotopic (exact) mass is 312 g/mol. The van der Waals surface area contributed by atoms with Crippen LogP contribution in [0.5, 0.6) is 0 Å². The lowest BCUT2D eigenvalue weighted by atomic mass is 9.88. The number of allylic oxidation sites excluding steroid dienone is 4. The van der Waals surface area contributed by atoms with Crippen LogP contribution < -0.4 is 0 Å². The summed E-state index contributed by atoms with van der Waals surface area (Å²) in [6.07, 6.45) is 7.69. The quantitative estimate of drug-likeness (QED) is 0.631. The molecule has 0 N–H and O–H groups in total. The molecule has 0 nitrogen and oxygen atoms in total. The summed E-state index contributed by atoms with van der Waals surface area (Å²) in [6, 6.07) is 18.0. The zero-order valence-electron chi connectivity index (χ0n) is 14.4. The molecule has 0 spiro atoms. The van der Waals surface area contributed by atoms with Gasteiger partial charge in [0, 0.05) is 0 Å². The van der Waals surface area contributed by atoms with Gasteiger partial charge in [-0.2, -0.15) is 0 Å². The van der Waals surface area contributed by atoms with E-state index in [-0.39, 0.29) is 0 Å². The molecule has 1 atom stereocenters. The molecule has 0 saturated heterocycles. The topological polar surface area (TPSA) is 0 Å².